The number of guanidine groups is 1. The summed E-state index contributed by atoms with van der Waals surface area (Å²) in [4.78, 5) is 54.0. The number of hydrogen-bond donors (Lipinski definition) is 6. The van der Waals surface area contributed by atoms with E-state index in [4.69, 9.17) is 27.1 Å². The van der Waals surface area contributed by atoms with Crippen LogP contribution in [0.25, 0.3) is 0 Å². The number of nitrogens with one attached hydrogen (secondary N) is 2. The lowest BCUT2D eigenvalue weighted by molar-refractivity contribution is -0.192. The van der Waals surface area contributed by atoms with Crippen LogP contribution >= 0.6 is 0 Å². The molecule has 3 amide bonds. The normalized spacial score (nSPS) is 12.1. The second-order valence-electron chi connectivity index (χ2n) is 7.67. The molecule has 0 aliphatic heterocycles. The number of primary amides is 1. The van der Waals surface area contributed by atoms with Crippen LogP contribution in [0.1, 0.15) is 28.8 Å². The van der Waals surface area contributed by atoms with Gasteiger partial charge in [-0.3, -0.25) is 24.4 Å². The van der Waals surface area contributed by atoms with E-state index >= 15 is 0 Å². The van der Waals surface area contributed by atoms with Crippen molar-refractivity contribution in [1.29, 1.82) is 0 Å². The van der Waals surface area contributed by atoms with E-state index in [1.807, 2.05) is 30.3 Å². The van der Waals surface area contributed by atoms with Gasteiger partial charge in [-0.1, -0.05) is 30.3 Å². The minimum absolute atomic E-state index is 0.0570. The first kappa shape index (κ1) is 31.3. The van der Waals surface area contributed by atoms with Gasteiger partial charge in [0.15, 0.2) is 5.96 Å². The predicted molar refractivity (Wildman–Crippen MR) is 130 cm³/mol. The van der Waals surface area contributed by atoms with Gasteiger partial charge in [0.1, 0.15) is 12.1 Å². The number of alkyl halides is 3. The molecule has 12 nitrogen and oxygen atoms in total. The summed E-state index contributed by atoms with van der Waals surface area (Å²) in [6.45, 7) is 0.292. The standard InChI is InChI=1S/C21H27N7O3.C2HF3O2/c22-18(29)17(13-14-5-2-1-3-6-14)28-20(31)16(7-4-10-26-21(23)24)27-19(30)15-8-11-25-12-9-15;3-2(4,5)1(6)7/h1-3,5-6,8-9,11-12,16-17H,4,7,10,13H2,(H2,22,29)(H,27,30)(H,28,31)(H4,23,24,26);(H,6,7)/t16-,17-;/m0./s1. The molecule has 0 aliphatic rings. The number of carboxylic acid groups (broad SMARTS) is 1. The minimum Gasteiger partial charge on any atom is -0.475 e. The number of carbonyl (C=O) groups is 4. The first-order valence-corrected chi connectivity index (χ1v) is 11.0. The summed E-state index contributed by atoms with van der Waals surface area (Å²) >= 11 is 0. The predicted octanol–water partition coefficient (Wildman–Crippen LogP) is 0.0797. The van der Waals surface area contributed by atoms with E-state index in [1.165, 1.54) is 24.5 Å². The maximum atomic E-state index is 12.9. The maximum absolute atomic E-state index is 12.9. The highest BCUT2D eigenvalue weighted by molar-refractivity contribution is 5.98. The number of hydrogen-bond acceptors (Lipinski definition) is 6. The van der Waals surface area contributed by atoms with Crippen molar-refractivity contribution < 1.29 is 37.5 Å². The maximum Gasteiger partial charge on any atom is 0.490 e. The Hall–Kier alpha value is -4.69. The molecule has 1 heterocycles. The zero-order valence-electron chi connectivity index (χ0n) is 20.0. The Labute approximate surface area is 215 Å². The number of carboxylic acids is 1. The fourth-order valence-electron chi connectivity index (χ4n) is 2.86. The van der Waals surface area contributed by atoms with E-state index < -0.39 is 42.0 Å². The summed E-state index contributed by atoms with van der Waals surface area (Å²) in [6.07, 6.45) is -1.19. The van der Waals surface area contributed by atoms with Crippen molar-refractivity contribution in [3.63, 3.8) is 0 Å². The van der Waals surface area contributed by atoms with Gasteiger partial charge in [-0.25, -0.2) is 4.79 Å². The number of aliphatic carboxylic acids is 1. The summed E-state index contributed by atoms with van der Waals surface area (Å²) in [5, 5.41) is 12.5. The van der Waals surface area contributed by atoms with Crippen LogP contribution in [0.4, 0.5) is 13.2 Å². The molecule has 9 N–H and O–H groups in total. The number of benzene rings is 1. The average Bonchev–Trinajstić information content (AvgIpc) is 2.86. The van der Waals surface area contributed by atoms with Gasteiger partial charge in [0.25, 0.3) is 5.91 Å². The highest BCUT2D eigenvalue weighted by Gasteiger charge is 2.38. The van der Waals surface area contributed by atoms with E-state index in [9.17, 15) is 27.6 Å². The summed E-state index contributed by atoms with van der Waals surface area (Å²) in [5.74, 6) is -4.45. The van der Waals surface area contributed by atoms with Gasteiger partial charge in [0, 0.05) is 30.9 Å². The highest BCUT2D eigenvalue weighted by atomic mass is 19.4. The Balaban J connectivity index is 0.000000905. The number of amides is 3. The van der Waals surface area contributed by atoms with Crippen molar-refractivity contribution >= 4 is 29.7 Å². The Kier molecular flexibility index (Phi) is 12.7. The van der Waals surface area contributed by atoms with Gasteiger partial charge in [-0.15, -0.1) is 0 Å². The number of carbonyl (C=O) groups excluding carboxylic acids is 3. The fraction of sp³-hybridized carbons (Fsp3) is 0.304. The van der Waals surface area contributed by atoms with Crippen LogP contribution in [-0.2, 0) is 20.8 Å². The molecule has 0 unspecified atom stereocenters. The molecule has 38 heavy (non-hydrogen) atoms. The molecular weight excluding hydrogens is 511 g/mol. The molecule has 0 radical (unpaired) electrons. The van der Waals surface area contributed by atoms with Gasteiger partial charge < -0.3 is 32.9 Å². The molecular formula is C23H28F3N7O5. The van der Waals surface area contributed by atoms with Crippen molar-refractivity contribution in [2.24, 2.45) is 22.2 Å². The monoisotopic (exact) mass is 539 g/mol. The van der Waals surface area contributed by atoms with E-state index in [1.54, 1.807) is 0 Å². The van der Waals surface area contributed by atoms with Crippen molar-refractivity contribution in [2.75, 3.05) is 6.54 Å². The molecule has 0 bridgehead atoms. The van der Waals surface area contributed by atoms with Crippen LogP contribution < -0.4 is 27.8 Å². The molecule has 2 atom stereocenters. The van der Waals surface area contributed by atoms with E-state index in [0.717, 1.165) is 5.56 Å². The third-order valence-corrected chi connectivity index (χ3v) is 4.69. The number of pyridine rings is 1. The second-order valence-corrected chi connectivity index (χ2v) is 7.67. The SMILES string of the molecule is NC(=O)[C@H](Cc1ccccc1)NC(=O)[C@H](CCCN=C(N)N)NC(=O)c1ccncc1.O=C(O)C(F)(F)F. The largest absolute Gasteiger partial charge is 0.490 e. The topological polar surface area (TPSA) is 216 Å². The number of aliphatic imine (C=N–C) groups is 1. The number of halogens is 3. The lowest BCUT2D eigenvalue weighted by Gasteiger charge is -2.22. The molecule has 206 valence electrons. The van der Waals surface area contributed by atoms with E-state index in [0.29, 0.717) is 18.5 Å². The Morgan fingerprint density at radius 3 is 2.03 bits per heavy atom. The van der Waals surface area contributed by atoms with E-state index in [-0.39, 0.29) is 18.8 Å². The number of rotatable bonds is 11. The van der Waals surface area contributed by atoms with Crippen LogP contribution in [0.5, 0.6) is 0 Å². The first-order chi connectivity index (χ1) is 17.8. The van der Waals surface area contributed by atoms with Crippen molar-refractivity contribution in [3.8, 4) is 0 Å². The van der Waals surface area contributed by atoms with Crippen LogP contribution in [0.3, 0.4) is 0 Å². The molecule has 0 spiro atoms. The minimum atomic E-state index is -5.08. The van der Waals surface area contributed by atoms with Crippen molar-refractivity contribution in [3.05, 3.63) is 66.0 Å². The molecule has 2 rings (SSSR count). The van der Waals surface area contributed by atoms with Gasteiger partial charge in [0.05, 0.1) is 0 Å². The Morgan fingerprint density at radius 2 is 1.53 bits per heavy atom. The van der Waals surface area contributed by atoms with Crippen LogP contribution in [0.2, 0.25) is 0 Å². The molecule has 0 aliphatic carbocycles. The first-order valence-electron chi connectivity index (χ1n) is 11.0. The zero-order chi connectivity index (χ0) is 28.7. The van der Waals surface area contributed by atoms with Crippen LogP contribution in [0.15, 0.2) is 59.9 Å². The lowest BCUT2D eigenvalue weighted by Crippen LogP contribution is -2.53. The number of nitrogens with zero attached hydrogens (tertiary/aromatic N) is 2. The summed E-state index contributed by atoms with van der Waals surface area (Å²) < 4.78 is 31.7. The Bertz CT molecular complexity index is 1100. The number of aromatic nitrogens is 1. The quantitative estimate of drug-likeness (QED) is 0.130. The third-order valence-electron chi connectivity index (χ3n) is 4.69. The lowest BCUT2D eigenvalue weighted by atomic mass is 10.0. The van der Waals surface area contributed by atoms with Gasteiger partial charge >= 0.3 is 12.1 Å². The van der Waals surface area contributed by atoms with Crippen molar-refractivity contribution in [1.82, 2.24) is 15.6 Å². The molecule has 0 fully saturated rings. The van der Waals surface area contributed by atoms with Gasteiger partial charge in [-0.05, 0) is 30.5 Å². The molecule has 1 aromatic carbocycles. The molecule has 2 aromatic rings. The molecule has 0 saturated carbocycles. The molecule has 0 saturated heterocycles. The Morgan fingerprint density at radius 1 is 0.947 bits per heavy atom. The fourth-order valence-corrected chi connectivity index (χ4v) is 2.86. The van der Waals surface area contributed by atoms with Crippen molar-refractivity contribution in [2.45, 2.75) is 37.5 Å². The van der Waals surface area contributed by atoms with E-state index in [2.05, 4.69) is 20.6 Å². The smallest absolute Gasteiger partial charge is 0.475 e. The highest BCUT2D eigenvalue weighted by Crippen LogP contribution is 2.13. The zero-order valence-corrected chi connectivity index (χ0v) is 20.0. The third kappa shape index (κ3) is 12.3. The van der Waals surface area contributed by atoms with Crippen LogP contribution in [0, 0.1) is 0 Å². The summed E-state index contributed by atoms with van der Waals surface area (Å²) in [5.41, 5.74) is 17.3. The summed E-state index contributed by atoms with van der Waals surface area (Å²) in [6, 6.07) is 10.4. The molecule has 1 aromatic heterocycles. The summed E-state index contributed by atoms with van der Waals surface area (Å²) in [7, 11) is 0. The number of nitrogens with two attached hydrogens (primary N) is 3. The second kappa shape index (κ2) is 15.4. The molecule has 15 heteroatoms. The van der Waals surface area contributed by atoms with Gasteiger partial charge in [-0.2, -0.15) is 13.2 Å². The van der Waals surface area contributed by atoms with Gasteiger partial charge in [0.2, 0.25) is 11.8 Å². The van der Waals surface area contributed by atoms with Crippen LogP contribution in [-0.4, -0.2) is 64.5 Å². The average molecular weight is 540 g/mol.